The highest BCUT2D eigenvalue weighted by Crippen LogP contribution is 2.13. The Morgan fingerprint density at radius 2 is 2.27 bits per heavy atom. The normalized spacial score (nSPS) is 10.0. The molecule has 1 aromatic heterocycles. The minimum Gasteiger partial charge on any atom is -0.476 e. The van der Waals surface area contributed by atoms with Crippen LogP contribution in [0, 0.1) is 11.3 Å². The molecular weight excluding hydrogens is 192 g/mol. The molecule has 0 radical (unpaired) electrons. The molecule has 0 aromatic carbocycles. The zero-order chi connectivity index (χ0) is 11.3. The minimum absolute atomic E-state index is 0.206. The second kappa shape index (κ2) is 5.17. The topological polar surface area (TPSA) is 75.2 Å². The molecule has 0 aliphatic heterocycles. The SMILES string of the molecule is CN(C)CCOc1ccc(N)c(C#N)n1. The number of likely N-dealkylation sites (N-methyl/N-ethyl adjacent to an activating group) is 1. The Morgan fingerprint density at radius 3 is 2.87 bits per heavy atom. The number of hydrogen-bond acceptors (Lipinski definition) is 5. The van der Waals surface area contributed by atoms with Crippen molar-refractivity contribution in [1.29, 1.82) is 5.26 Å². The molecule has 5 heteroatoms. The van der Waals surface area contributed by atoms with E-state index < -0.39 is 0 Å². The van der Waals surface area contributed by atoms with E-state index in [2.05, 4.69) is 4.98 Å². The first kappa shape index (κ1) is 11.3. The molecule has 5 nitrogen and oxygen atoms in total. The highest BCUT2D eigenvalue weighted by molar-refractivity contribution is 5.50. The van der Waals surface area contributed by atoms with Gasteiger partial charge in [-0.15, -0.1) is 0 Å². The highest BCUT2D eigenvalue weighted by atomic mass is 16.5. The van der Waals surface area contributed by atoms with Crippen LogP contribution in [0.1, 0.15) is 5.69 Å². The minimum atomic E-state index is 0.206. The molecular formula is C10H14N4O. The van der Waals surface area contributed by atoms with E-state index in [4.69, 9.17) is 15.7 Å². The number of ether oxygens (including phenoxy) is 1. The molecule has 0 fully saturated rings. The number of rotatable bonds is 4. The summed E-state index contributed by atoms with van der Waals surface area (Å²) in [4.78, 5) is 5.96. The molecule has 2 N–H and O–H groups in total. The lowest BCUT2D eigenvalue weighted by Gasteiger charge is -2.10. The zero-order valence-electron chi connectivity index (χ0n) is 8.90. The van der Waals surface area contributed by atoms with E-state index in [1.54, 1.807) is 12.1 Å². The average Bonchev–Trinajstić information content (AvgIpc) is 2.20. The fraction of sp³-hybridized carbons (Fsp3) is 0.400. The number of hydrogen-bond donors (Lipinski definition) is 1. The first-order chi connectivity index (χ1) is 7.13. The summed E-state index contributed by atoms with van der Waals surface area (Å²) in [5, 5.41) is 8.70. The lowest BCUT2D eigenvalue weighted by molar-refractivity contribution is 0.254. The van der Waals surface area contributed by atoms with Gasteiger partial charge in [0.2, 0.25) is 5.88 Å². The van der Waals surface area contributed by atoms with Gasteiger partial charge in [-0.2, -0.15) is 5.26 Å². The Bertz CT molecular complexity index is 370. The van der Waals surface area contributed by atoms with Crippen LogP contribution in [0.15, 0.2) is 12.1 Å². The third-order valence-corrected chi connectivity index (χ3v) is 1.80. The van der Waals surface area contributed by atoms with Crippen LogP contribution in [0.2, 0.25) is 0 Å². The van der Waals surface area contributed by atoms with Crippen molar-refractivity contribution in [3.63, 3.8) is 0 Å². The van der Waals surface area contributed by atoms with E-state index in [0.717, 1.165) is 6.54 Å². The Morgan fingerprint density at radius 1 is 1.53 bits per heavy atom. The van der Waals surface area contributed by atoms with Crippen LogP contribution in [0.5, 0.6) is 5.88 Å². The summed E-state index contributed by atoms with van der Waals surface area (Å²) in [5.74, 6) is 0.433. The quantitative estimate of drug-likeness (QED) is 0.775. The Labute approximate surface area is 89.1 Å². The van der Waals surface area contributed by atoms with Crippen LogP contribution in [0.25, 0.3) is 0 Å². The van der Waals surface area contributed by atoms with Gasteiger partial charge in [-0.25, -0.2) is 4.98 Å². The molecule has 0 bridgehead atoms. The van der Waals surface area contributed by atoms with E-state index in [-0.39, 0.29) is 5.69 Å². The lowest BCUT2D eigenvalue weighted by Crippen LogP contribution is -2.19. The van der Waals surface area contributed by atoms with E-state index in [1.807, 2.05) is 25.1 Å². The first-order valence-electron chi connectivity index (χ1n) is 4.57. The number of nitrogens with zero attached hydrogens (tertiary/aromatic N) is 3. The third-order valence-electron chi connectivity index (χ3n) is 1.80. The second-order valence-corrected chi connectivity index (χ2v) is 3.35. The molecule has 0 saturated heterocycles. The molecule has 1 heterocycles. The number of pyridine rings is 1. The summed E-state index contributed by atoms with van der Waals surface area (Å²) in [6.45, 7) is 1.34. The Balaban J connectivity index is 2.60. The maximum Gasteiger partial charge on any atom is 0.214 e. The summed E-state index contributed by atoms with van der Waals surface area (Å²) in [6.07, 6.45) is 0. The maximum atomic E-state index is 8.70. The molecule has 1 aromatic rings. The van der Waals surface area contributed by atoms with Crippen molar-refractivity contribution >= 4 is 5.69 Å². The monoisotopic (exact) mass is 206 g/mol. The molecule has 15 heavy (non-hydrogen) atoms. The van der Waals surface area contributed by atoms with Gasteiger partial charge < -0.3 is 15.4 Å². The van der Waals surface area contributed by atoms with Gasteiger partial charge in [-0.05, 0) is 20.2 Å². The predicted molar refractivity (Wildman–Crippen MR) is 57.4 cm³/mol. The van der Waals surface area contributed by atoms with Gasteiger partial charge in [0.05, 0.1) is 5.69 Å². The lowest BCUT2D eigenvalue weighted by atomic mass is 10.3. The average molecular weight is 206 g/mol. The van der Waals surface area contributed by atoms with Gasteiger partial charge in [-0.3, -0.25) is 0 Å². The van der Waals surface area contributed by atoms with E-state index in [0.29, 0.717) is 18.2 Å². The second-order valence-electron chi connectivity index (χ2n) is 3.35. The zero-order valence-corrected chi connectivity index (χ0v) is 8.90. The number of nitriles is 1. The summed E-state index contributed by atoms with van der Waals surface area (Å²) < 4.78 is 5.35. The fourth-order valence-electron chi connectivity index (χ4n) is 0.955. The van der Waals surface area contributed by atoms with Gasteiger partial charge >= 0.3 is 0 Å². The van der Waals surface area contributed by atoms with Crippen molar-refractivity contribution in [2.75, 3.05) is 33.0 Å². The Kier molecular flexibility index (Phi) is 3.89. The van der Waals surface area contributed by atoms with Gasteiger partial charge in [0, 0.05) is 12.6 Å². The third kappa shape index (κ3) is 3.44. The van der Waals surface area contributed by atoms with E-state index in [9.17, 15) is 0 Å². The predicted octanol–water partition coefficient (Wildman–Crippen LogP) is 0.476. The van der Waals surface area contributed by atoms with Crippen LogP contribution in [-0.4, -0.2) is 37.1 Å². The van der Waals surface area contributed by atoms with Crippen LogP contribution in [-0.2, 0) is 0 Å². The van der Waals surface area contributed by atoms with Crippen LogP contribution in [0.4, 0.5) is 5.69 Å². The molecule has 0 saturated carbocycles. The first-order valence-corrected chi connectivity index (χ1v) is 4.57. The molecule has 0 spiro atoms. The molecule has 80 valence electrons. The van der Waals surface area contributed by atoms with Crippen molar-refractivity contribution in [2.24, 2.45) is 0 Å². The largest absolute Gasteiger partial charge is 0.476 e. The smallest absolute Gasteiger partial charge is 0.214 e. The summed E-state index contributed by atoms with van der Waals surface area (Å²) >= 11 is 0. The molecule has 0 aliphatic rings. The Hall–Kier alpha value is -1.80. The number of anilines is 1. The van der Waals surface area contributed by atoms with Crippen molar-refractivity contribution in [2.45, 2.75) is 0 Å². The van der Waals surface area contributed by atoms with Crippen molar-refractivity contribution in [3.8, 4) is 11.9 Å². The molecule has 0 aliphatic carbocycles. The molecule has 1 rings (SSSR count). The number of nitrogen functional groups attached to an aromatic ring is 1. The van der Waals surface area contributed by atoms with Crippen LogP contribution in [0.3, 0.4) is 0 Å². The standard InChI is InChI=1S/C10H14N4O/c1-14(2)5-6-15-10-4-3-8(12)9(7-11)13-10/h3-4H,5-6,12H2,1-2H3. The van der Waals surface area contributed by atoms with Gasteiger partial charge in [-0.1, -0.05) is 0 Å². The molecule has 0 amide bonds. The van der Waals surface area contributed by atoms with Gasteiger partial charge in [0.1, 0.15) is 12.7 Å². The van der Waals surface area contributed by atoms with Crippen molar-refractivity contribution in [3.05, 3.63) is 17.8 Å². The summed E-state index contributed by atoms with van der Waals surface area (Å²) in [7, 11) is 3.92. The maximum absolute atomic E-state index is 8.70. The van der Waals surface area contributed by atoms with Crippen LogP contribution < -0.4 is 10.5 Å². The van der Waals surface area contributed by atoms with Gasteiger partial charge in [0.25, 0.3) is 0 Å². The fourth-order valence-corrected chi connectivity index (χ4v) is 0.955. The van der Waals surface area contributed by atoms with Crippen LogP contribution >= 0.6 is 0 Å². The van der Waals surface area contributed by atoms with E-state index in [1.165, 1.54) is 0 Å². The summed E-state index contributed by atoms with van der Waals surface area (Å²) in [6, 6.07) is 5.19. The number of aromatic nitrogens is 1. The molecule has 0 atom stereocenters. The van der Waals surface area contributed by atoms with Gasteiger partial charge in [0.15, 0.2) is 5.69 Å². The van der Waals surface area contributed by atoms with Crippen molar-refractivity contribution in [1.82, 2.24) is 9.88 Å². The summed E-state index contributed by atoms with van der Waals surface area (Å²) in [5.41, 5.74) is 6.11. The van der Waals surface area contributed by atoms with Crippen molar-refractivity contribution < 1.29 is 4.74 Å². The van der Waals surface area contributed by atoms with E-state index >= 15 is 0 Å². The molecule has 0 unspecified atom stereocenters. The number of nitrogens with two attached hydrogens (primary N) is 1. The highest BCUT2D eigenvalue weighted by Gasteiger charge is 2.02.